The highest BCUT2D eigenvalue weighted by molar-refractivity contribution is 5.78. The van der Waals surface area contributed by atoms with Gasteiger partial charge in [0.15, 0.2) is 6.61 Å². The van der Waals surface area contributed by atoms with Crippen LogP contribution in [0.3, 0.4) is 0 Å². The fourth-order valence-electron chi connectivity index (χ4n) is 1.71. The van der Waals surface area contributed by atoms with Gasteiger partial charge in [-0.1, -0.05) is 0 Å². The van der Waals surface area contributed by atoms with E-state index in [1.165, 1.54) is 18.2 Å². The standard InChI is InChI=1S/C13H16FNO3/c1-15(11-2-3-11)13(17)8-18-12-5-9(7-16)4-10(14)6-12/h4-6,11,16H,2-3,7-8H2,1H3. The van der Waals surface area contributed by atoms with Gasteiger partial charge < -0.3 is 14.7 Å². The summed E-state index contributed by atoms with van der Waals surface area (Å²) in [5, 5.41) is 8.94. The lowest BCUT2D eigenvalue weighted by Crippen LogP contribution is -2.33. The normalized spacial score (nSPS) is 14.4. The fraction of sp³-hybridized carbons (Fsp3) is 0.462. The zero-order valence-corrected chi connectivity index (χ0v) is 10.2. The third-order valence-electron chi connectivity index (χ3n) is 2.96. The lowest BCUT2D eigenvalue weighted by molar-refractivity contribution is -0.132. The van der Waals surface area contributed by atoms with Crippen LogP contribution < -0.4 is 4.74 Å². The minimum atomic E-state index is -0.487. The van der Waals surface area contributed by atoms with Gasteiger partial charge >= 0.3 is 0 Å². The first-order chi connectivity index (χ1) is 8.60. The Morgan fingerprint density at radius 1 is 1.50 bits per heavy atom. The first kappa shape index (κ1) is 12.8. The Hall–Kier alpha value is -1.62. The average molecular weight is 253 g/mol. The fourth-order valence-corrected chi connectivity index (χ4v) is 1.71. The molecule has 18 heavy (non-hydrogen) atoms. The predicted octanol–water partition coefficient (Wildman–Crippen LogP) is 1.32. The molecule has 0 heterocycles. The third kappa shape index (κ3) is 3.20. The lowest BCUT2D eigenvalue weighted by Gasteiger charge is -2.16. The molecule has 1 aliphatic carbocycles. The Labute approximate surface area is 105 Å². The van der Waals surface area contributed by atoms with E-state index in [1.54, 1.807) is 11.9 Å². The summed E-state index contributed by atoms with van der Waals surface area (Å²) in [6.45, 7) is -0.370. The van der Waals surface area contributed by atoms with Crippen molar-refractivity contribution in [3.05, 3.63) is 29.6 Å². The molecule has 1 saturated carbocycles. The Balaban J connectivity index is 1.92. The van der Waals surface area contributed by atoms with Gasteiger partial charge in [-0.25, -0.2) is 4.39 Å². The predicted molar refractivity (Wildman–Crippen MR) is 63.6 cm³/mol. The number of rotatable bonds is 5. The highest BCUT2D eigenvalue weighted by atomic mass is 19.1. The molecule has 1 amide bonds. The number of benzene rings is 1. The number of halogens is 1. The summed E-state index contributed by atoms with van der Waals surface area (Å²) in [6.07, 6.45) is 2.08. The van der Waals surface area contributed by atoms with Gasteiger partial charge in [-0.2, -0.15) is 0 Å². The van der Waals surface area contributed by atoms with E-state index in [4.69, 9.17) is 9.84 Å². The van der Waals surface area contributed by atoms with E-state index in [0.717, 1.165) is 12.8 Å². The summed E-state index contributed by atoms with van der Waals surface area (Å²) >= 11 is 0. The Kier molecular flexibility index (Phi) is 3.81. The van der Waals surface area contributed by atoms with E-state index in [-0.39, 0.29) is 24.9 Å². The quantitative estimate of drug-likeness (QED) is 0.861. The van der Waals surface area contributed by atoms with Crippen LogP contribution in [0.25, 0.3) is 0 Å². The van der Waals surface area contributed by atoms with Crippen molar-refractivity contribution < 1.29 is 19.0 Å². The molecule has 2 rings (SSSR count). The largest absolute Gasteiger partial charge is 0.484 e. The first-order valence-corrected chi connectivity index (χ1v) is 5.89. The molecule has 0 unspecified atom stereocenters. The molecule has 4 nitrogen and oxygen atoms in total. The number of carbonyl (C=O) groups excluding carboxylic acids is 1. The molecule has 0 spiro atoms. The number of aliphatic hydroxyl groups excluding tert-OH is 1. The molecule has 1 aromatic carbocycles. The Morgan fingerprint density at radius 2 is 2.22 bits per heavy atom. The maximum Gasteiger partial charge on any atom is 0.260 e. The van der Waals surface area contributed by atoms with Crippen LogP contribution in [0.1, 0.15) is 18.4 Å². The molecule has 0 aliphatic heterocycles. The van der Waals surface area contributed by atoms with Crippen LogP contribution >= 0.6 is 0 Å². The average Bonchev–Trinajstić information content (AvgIpc) is 3.18. The van der Waals surface area contributed by atoms with E-state index in [1.807, 2.05) is 0 Å². The lowest BCUT2D eigenvalue weighted by atomic mass is 10.2. The second-order valence-electron chi connectivity index (χ2n) is 4.48. The molecule has 0 bridgehead atoms. The van der Waals surface area contributed by atoms with Crippen molar-refractivity contribution in [3.63, 3.8) is 0 Å². The van der Waals surface area contributed by atoms with Crippen molar-refractivity contribution in [2.75, 3.05) is 13.7 Å². The van der Waals surface area contributed by atoms with E-state index >= 15 is 0 Å². The molecular formula is C13H16FNO3. The molecular weight excluding hydrogens is 237 g/mol. The summed E-state index contributed by atoms with van der Waals surface area (Å²) in [7, 11) is 1.74. The monoisotopic (exact) mass is 253 g/mol. The van der Waals surface area contributed by atoms with Crippen LogP contribution in [0.5, 0.6) is 5.75 Å². The number of carbonyl (C=O) groups is 1. The maximum atomic E-state index is 13.1. The zero-order valence-electron chi connectivity index (χ0n) is 10.2. The molecule has 0 aromatic heterocycles. The first-order valence-electron chi connectivity index (χ1n) is 5.89. The van der Waals surface area contributed by atoms with Crippen molar-refractivity contribution in [2.45, 2.75) is 25.5 Å². The summed E-state index contributed by atoms with van der Waals surface area (Å²) in [6, 6.07) is 4.28. The maximum absolute atomic E-state index is 13.1. The van der Waals surface area contributed by atoms with Gasteiger partial charge in [-0.15, -0.1) is 0 Å². The van der Waals surface area contributed by atoms with Crippen LogP contribution in [0.2, 0.25) is 0 Å². The second-order valence-corrected chi connectivity index (χ2v) is 4.48. The van der Waals surface area contributed by atoms with Crippen LogP contribution in [0.15, 0.2) is 18.2 Å². The van der Waals surface area contributed by atoms with Crippen molar-refractivity contribution in [3.8, 4) is 5.75 Å². The number of amides is 1. The van der Waals surface area contributed by atoms with Crippen molar-refractivity contribution in [1.29, 1.82) is 0 Å². The smallest absolute Gasteiger partial charge is 0.260 e. The van der Waals surface area contributed by atoms with Crippen LogP contribution in [-0.2, 0) is 11.4 Å². The van der Waals surface area contributed by atoms with Gasteiger partial charge in [-0.05, 0) is 30.5 Å². The summed E-state index contributed by atoms with van der Waals surface area (Å²) < 4.78 is 18.4. The minimum absolute atomic E-state index is 0.110. The Bertz CT molecular complexity index is 446. The summed E-state index contributed by atoms with van der Waals surface area (Å²) in [5.41, 5.74) is 0.424. The second kappa shape index (κ2) is 5.35. The van der Waals surface area contributed by atoms with E-state index in [9.17, 15) is 9.18 Å². The molecule has 5 heteroatoms. The molecule has 1 aromatic rings. The third-order valence-corrected chi connectivity index (χ3v) is 2.96. The van der Waals surface area contributed by atoms with Gasteiger partial charge in [0, 0.05) is 19.2 Å². The van der Waals surface area contributed by atoms with Crippen LogP contribution in [-0.4, -0.2) is 35.6 Å². The number of hydrogen-bond donors (Lipinski definition) is 1. The van der Waals surface area contributed by atoms with Crippen LogP contribution in [0.4, 0.5) is 4.39 Å². The van der Waals surface area contributed by atoms with Crippen molar-refractivity contribution >= 4 is 5.91 Å². The number of nitrogens with zero attached hydrogens (tertiary/aromatic N) is 1. The van der Waals surface area contributed by atoms with E-state index in [2.05, 4.69) is 0 Å². The SMILES string of the molecule is CN(C(=O)COc1cc(F)cc(CO)c1)C1CC1. The van der Waals surface area contributed by atoms with Gasteiger partial charge in [0.05, 0.1) is 6.61 Å². The highest BCUT2D eigenvalue weighted by Crippen LogP contribution is 2.25. The number of ether oxygens (including phenoxy) is 1. The summed E-state index contributed by atoms with van der Waals surface area (Å²) in [5.74, 6) is -0.344. The minimum Gasteiger partial charge on any atom is -0.484 e. The van der Waals surface area contributed by atoms with Gasteiger partial charge in [0.25, 0.3) is 5.91 Å². The number of likely N-dealkylation sites (N-methyl/N-ethyl adjacent to an activating group) is 1. The van der Waals surface area contributed by atoms with Gasteiger partial charge in [-0.3, -0.25) is 4.79 Å². The zero-order chi connectivity index (χ0) is 13.1. The number of hydrogen-bond acceptors (Lipinski definition) is 3. The van der Waals surface area contributed by atoms with E-state index in [0.29, 0.717) is 11.6 Å². The van der Waals surface area contributed by atoms with E-state index < -0.39 is 5.82 Å². The molecule has 1 fully saturated rings. The van der Waals surface area contributed by atoms with Gasteiger partial charge in [0.2, 0.25) is 0 Å². The molecule has 98 valence electrons. The molecule has 0 radical (unpaired) electrons. The Morgan fingerprint density at radius 3 is 2.83 bits per heavy atom. The molecule has 0 saturated heterocycles. The van der Waals surface area contributed by atoms with Crippen molar-refractivity contribution in [2.24, 2.45) is 0 Å². The van der Waals surface area contributed by atoms with Gasteiger partial charge in [0.1, 0.15) is 11.6 Å². The molecule has 0 atom stereocenters. The molecule has 1 aliphatic rings. The van der Waals surface area contributed by atoms with Crippen molar-refractivity contribution in [1.82, 2.24) is 4.90 Å². The topological polar surface area (TPSA) is 49.8 Å². The summed E-state index contributed by atoms with van der Waals surface area (Å²) in [4.78, 5) is 13.4. The number of aliphatic hydroxyl groups is 1. The van der Waals surface area contributed by atoms with Crippen LogP contribution in [0, 0.1) is 5.82 Å². The highest BCUT2D eigenvalue weighted by Gasteiger charge is 2.29. The molecule has 1 N–H and O–H groups in total.